The molecule has 26 heavy (non-hydrogen) atoms. The predicted octanol–water partition coefficient (Wildman–Crippen LogP) is 3.65. The fraction of sp³-hybridized carbons (Fsp3) is 0.632. The lowest BCUT2D eigenvalue weighted by Gasteiger charge is -2.27. The van der Waals surface area contributed by atoms with Crippen molar-refractivity contribution in [3.63, 3.8) is 0 Å². The van der Waals surface area contributed by atoms with E-state index in [1.807, 2.05) is 11.2 Å². The van der Waals surface area contributed by atoms with Crippen LogP contribution in [0.25, 0.3) is 0 Å². The molecule has 1 heterocycles. The zero-order chi connectivity index (χ0) is 18.6. The van der Waals surface area contributed by atoms with Gasteiger partial charge in [0, 0.05) is 24.0 Å². The Balaban J connectivity index is 1.84. The van der Waals surface area contributed by atoms with Gasteiger partial charge in [-0.05, 0) is 56.6 Å². The number of sulfonamides is 1. The Labute approximate surface area is 161 Å². The number of carbonyl (C=O) groups is 1. The maximum atomic E-state index is 12.9. The number of thioether (sulfide) groups is 1. The number of hydrogen-bond acceptors (Lipinski definition) is 4. The van der Waals surface area contributed by atoms with Gasteiger partial charge in [0.1, 0.15) is 0 Å². The number of benzene rings is 1. The van der Waals surface area contributed by atoms with Crippen LogP contribution in [0.3, 0.4) is 0 Å². The van der Waals surface area contributed by atoms with Crippen LogP contribution < -0.4 is 4.72 Å². The average Bonchev–Trinajstić information content (AvgIpc) is 2.68. The largest absolute Gasteiger partial charge is 0.339 e. The lowest BCUT2D eigenvalue weighted by Crippen LogP contribution is -2.37. The summed E-state index contributed by atoms with van der Waals surface area (Å²) in [5.41, 5.74) is 0.505. The van der Waals surface area contributed by atoms with Gasteiger partial charge in [-0.25, -0.2) is 13.1 Å². The van der Waals surface area contributed by atoms with Crippen LogP contribution in [0.4, 0.5) is 0 Å². The number of hydrogen-bond donors (Lipinski definition) is 1. The van der Waals surface area contributed by atoms with Crippen molar-refractivity contribution in [2.24, 2.45) is 0 Å². The Bertz CT molecular complexity index is 737. The van der Waals surface area contributed by atoms with E-state index < -0.39 is 10.0 Å². The molecule has 0 unspecified atom stereocenters. The summed E-state index contributed by atoms with van der Waals surface area (Å²) in [6.07, 6.45) is 10.2. The highest BCUT2D eigenvalue weighted by Crippen LogP contribution is 2.27. The molecule has 0 atom stereocenters. The molecule has 0 aromatic heterocycles. The van der Waals surface area contributed by atoms with Crippen LogP contribution in [-0.2, 0) is 10.0 Å². The number of carbonyl (C=O) groups excluding carboxylic acids is 1. The Morgan fingerprint density at radius 3 is 2.38 bits per heavy atom. The predicted molar refractivity (Wildman–Crippen MR) is 105 cm³/mol. The van der Waals surface area contributed by atoms with Gasteiger partial charge in [-0.3, -0.25) is 4.79 Å². The average molecular weight is 397 g/mol. The fourth-order valence-corrected chi connectivity index (χ4v) is 5.70. The molecule has 1 aromatic carbocycles. The Kier molecular flexibility index (Phi) is 6.64. The maximum Gasteiger partial charge on any atom is 0.255 e. The van der Waals surface area contributed by atoms with Crippen molar-refractivity contribution < 1.29 is 13.2 Å². The summed E-state index contributed by atoms with van der Waals surface area (Å²) in [5, 5.41) is 0. The van der Waals surface area contributed by atoms with Crippen molar-refractivity contribution in [2.45, 2.75) is 67.2 Å². The molecule has 5 nitrogen and oxygen atoms in total. The minimum Gasteiger partial charge on any atom is -0.339 e. The van der Waals surface area contributed by atoms with Crippen molar-refractivity contribution in [1.29, 1.82) is 0 Å². The minimum absolute atomic E-state index is 0.00947. The van der Waals surface area contributed by atoms with Gasteiger partial charge in [0.15, 0.2) is 0 Å². The zero-order valence-corrected chi connectivity index (χ0v) is 17.0. The summed E-state index contributed by atoms with van der Waals surface area (Å²) in [6.45, 7) is 1.51. The molecule has 1 aromatic rings. The first kappa shape index (κ1) is 19.7. The molecular formula is C19H28N2O3S2. The van der Waals surface area contributed by atoms with E-state index in [0.29, 0.717) is 5.56 Å². The van der Waals surface area contributed by atoms with Crippen molar-refractivity contribution in [2.75, 3.05) is 19.3 Å². The number of nitrogens with one attached hydrogen (secondary N) is 1. The SMILES string of the molecule is CSc1ccc(S(=O)(=O)NC2CCCCC2)cc1C(=O)N1CCCCC1. The second kappa shape index (κ2) is 8.76. The smallest absolute Gasteiger partial charge is 0.255 e. The molecule has 0 radical (unpaired) electrons. The molecule has 2 aliphatic rings. The highest BCUT2D eigenvalue weighted by atomic mass is 32.2. The standard InChI is InChI=1S/C19H28N2O3S2/c1-25-18-11-10-16(26(23,24)20-15-8-4-2-5-9-15)14-17(18)19(22)21-12-6-3-7-13-21/h10-11,14-15,20H,2-9,12-13H2,1H3. The van der Waals surface area contributed by atoms with E-state index >= 15 is 0 Å². The summed E-state index contributed by atoms with van der Waals surface area (Å²) >= 11 is 1.48. The molecule has 144 valence electrons. The molecular weight excluding hydrogens is 368 g/mol. The van der Waals surface area contributed by atoms with Crippen molar-refractivity contribution in [3.8, 4) is 0 Å². The van der Waals surface area contributed by atoms with Gasteiger partial charge in [-0.2, -0.15) is 0 Å². The molecule has 1 aliphatic carbocycles. The van der Waals surface area contributed by atoms with Crippen molar-refractivity contribution in [1.82, 2.24) is 9.62 Å². The third kappa shape index (κ3) is 4.61. The van der Waals surface area contributed by atoms with Crippen LogP contribution in [0, 0.1) is 0 Å². The van der Waals surface area contributed by atoms with Gasteiger partial charge in [0.25, 0.3) is 5.91 Å². The molecule has 1 saturated carbocycles. The number of likely N-dealkylation sites (tertiary alicyclic amines) is 1. The van der Waals surface area contributed by atoms with Gasteiger partial charge < -0.3 is 4.90 Å². The Morgan fingerprint density at radius 2 is 1.73 bits per heavy atom. The van der Waals surface area contributed by atoms with Crippen LogP contribution in [0.2, 0.25) is 0 Å². The zero-order valence-electron chi connectivity index (χ0n) is 15.4. The first-order valence-electron chi connectivity index (χ1n) is 9.51. The first-order chi connectivity index (χ1) is 12.5. The van der Waals surface area contributed by atoms with Crippen LogP contribution in [-0.4, -0.2) is 44.6 Å². The van der Waals surface area contributed by atoms with Crippen LogP contribution in [0.1, 0.15) is 61.7 Å². The van der Waals surface area contributed by atoms with E-state index in [1.165, 1.54) is 18.2 Å². The van der Waals surface area contributed by atoms with Crippen LogP contribution in [0.15, 0.2) is 28.0 Å². The summed E-state index contributed by atoms with van der Waals surface area (Å²) < 4.78 is 28.5. The van der Waals surface area contributed by atoms with E-state index in [1.54, 1.807) is 18.2 Å². The molecule has 2 fully saturated rings. The summed E-state index contributed by atoms with van der Waals surface area (Å²) in [7, 11) is -3.60. The Hall–Kier alpha value is -1.05. The van der Waals surface area contributed by atoms with Crippen LogP contribution >= 0.6 is 11.8 Å². The quantitative estimate of drug-likeness (QED) is 0.772. The van der Waals surface area contributed by atoms with E-state index in [4.69, 9.17) is 0 Å². The summed E-state index contributed by atoms with van der Waals surface area (Å²) in [4.78, 5) is 15.8. The molecule has 3 rings (SSSR count). The van der Waals surface area contributed by atoms with Gasteiger partial charge in [0.2, 0.25) is 10.0 Å². The van der Waals surface area contributed by atoms with E-state index in [0.717, 1.165) is 62.9 Å². The molecule has 1 saturated heterocycles. The fourth-order valence-electron chi connectivity index (χ4n) is 3.80. The third-order valence-electron chi connectivity index (χ3n) is 5.28. The number of piperidine rings is 1. The number of nitrogens with zero attached hydrogens (tertiary/aromatic N) is 1. The second-order valence-electron chi connectivity index (χ2n) is 7.17. The first-order valence-corrected chi connectivity index (χ1v) is 12.2. The highest BCUT2D eigenvalue weighted by molar-refractivity contribution is 7.98. The lowest BCUT2D eigenvalue weighted by atomic mass is 9.96. The topological polar surface area (TPSA) is 66.5 Å². The number of amides is 1. The molecule has 1 amide bonds. The van der Waals surface area contributed by atoms with Gasteiger partial charge in [-0.1, -0.05) is 19.3 Å². The third-order valence-corrected chi connectivity index (χ3v) is 7.60. The highest BCUT2D eigenvalue weighted by Gasteiger charge is 2.26. The van der Waals surface area contributed by atoms with Gasteiger partial charge >= 0.3 is 0 Å². The van der Waals surface area contributed by atoms with E-state index in [-0.39, 0.29) is 16.8 Å². The molecule has 1 aliphatic heterocycles. The summed E-state index contributed by atoms with van der Waals surface area (Å²) in [5.74, 6) is -0.0521. The molecule has 7 heteroatoms. The monoisotopic (exact) mass is 396 g/mol. The Morgan fingerprint density at radius 1 is 1.08 bits per heavy atom. The van der Waals surface area contributed by atoms with E-state index in [2.05, 4.69) is 4.72 Å². The minimum atomic E-state index is -3.60. The summed E-state index contributed by atoms with van der Waals surface area (Å²) in [6, 6.07) is 4.95. The van der Waals surface area contributed by atoms with E-state index in [9.17, 15) is 13.2 Å². The molecule has 0 spiro atoms. The molecule has 0 bridgehead atoms. The van der Waals surface area contributed by atoms with Crippen molar-refractivity contribution >= 4 is 27.7 Å². The van der Waals surface area contributed by atoms with Gasteiger partial charge in [-0.15, -0.1) is 11.8 Å². The van der Waals surface area contributed by atoms with Gasteiger partial charge in [0.05, 0.1) is 10.5 Å². The molecule has 1 N–H and O–H groups in total. The van der Waals surface area contributed by atoms with Crippen molar-refractivity contribution in [3.05, 3.63) is 23.8 Å². The van der Waals surface area contributed by atoms with Crippen LogP contribution in [0.5, 0.6) is 0 Å². The lowest BCUT2D eigenvalue weighted by molar-refractivity contribution is 0.0720. The number of rotatable bonds is 5. The normalized spacial score (nSPS) is 19.5. The maximum absolute atomic E-state index is 12.9. The second-order valence-corrected chi connectivity index (χ2v) is 9.73.